The number of carbonyl (C=O) groups excluding carboxylic acids is 1. The number of nitrogens with zero attached hydrogens (tertiary/aromatic N) is 1. The van der Waals surface area contributed by atoms with Gasteiger partial charge in [0.1, 0.15) is 0 Å². The highest BCUT2D eigenvalue weighted by Crippen LogP contribution is 2.33. The molecule has 0 spiro atoms. The summed E-state index contributed by atoms with van der Waals surface area (Å²) in [4.78, 5) is 14.9. The lowest BCUT2D eigenvalue weighted by Crippen LogP contribution is -2.30. The fourth-order valence-corrected chi connectivity index (χ4v) is 4.33. The number of halogens is 2. The Bertz CT molecular complexity index is 393. The molecule has 2 rings (SSSR count). The largest absolute Gasteiger partial charge is 0.341 e. The first-order chi connectivity index (χ1) is 8.08. The van der Waals surface area contributed by atoms with E-state index in [1.807, 2.05) is 18.0 Å². The van der Waals surface area contributed by atoms with E-state index >= 15 is 0 Å². The van der Waals surface area contributed by atoms with Crippen LogP contribution in [0.2, 0.25) is 0 Å². The first-order valence-electron chi connectivity index (χ1n) is 5.78. The first kappa shape index (κ1) is 13.6. The predicted octanol–water partition coefficient (Wildman–Crippen LogP) is 4.54. The van der Waals surface area contributed by atoms with Gasteiger partial charge in [-0.3, -0.25) is 4.79 Å². The van der Waals surface area contributed by atoms with Gasteiger partial charge in [0.2, 0.25) is 0 Å². The van der Waals surface area contributed by atoms with Crippen LogP contribution < -0.4 is 0 Å². The highest BCUT2D eigenvalue weighted by atomic mass is 79.9. The highest BCUT2D eigenvalue weighted by Gasteiger charge is 2.21. The van der Waals surface area contributed by atoms with Gasteiger partial charge in [-0.25, -0.2) is 0 Å². The molecule has 0 N–H and O–H groups in total. The van der Waals surface area contributed by atoms with Crippen LogP contribution in [0.4, 0.5) is 0 Å². The molecule has 94 valence electrons. The van der Waals surface area contributed by atoms with Crippen LogP contribution in [0.5, 0.6) is 0 Å². The van der Waals surface area contributed by atoms with Gasteiger partial charge in [0.25, 0.3) is 5.91 Å². The minimum atomic E-state index is 0.133. The summed E-state index contributed by atoms with van der Waals surface area (Å²) in [6, 6.07) is 1.89. The van der Waals surface area contributed by atoms with Crippen LogP contribution in [-0.4, -0.2) is 24.4 Å². The normalized spacial score (nSPS) is 16.4. The van der Waals surface area contributed by atoms with E-state index in [1.165, 1.54) is 37.0 Å². The van der Waals surface area contributed by atoms with Crippen molar-refractivity contribution in [2.75, 3.05) is 13.6 Å². The van der Waals surface area contributed by atoms with Crippen molar-refractivity contribution in [3.63, 3.8) is 0 Å². The van der Waals surface area contributed by atoms with Crippen LogP contribution in [0.25, 0.3) is 0 Å². The number of hydrogen-bond donors (Lipinski definition) is 0. The number of rotatable bonds is 3. The van der Waals surface area contributed by atoms with Crippen molar-refractivity contribution in [2.24, 2.45) is 5.92 Å². The van der Waals surface area contributed by atoms with E-state index < -0.39 is 0 Å². The Hall–Kier alpha value is 0.130. The Morgan fingerprint density at radius 2 is 2.12 bits per heavy atom. The minimum Gasteiger partial charge on any atom is -0.341 e. The van der Waals surface area contributed by atoms with Crippen molar-refractivity contribution in [1.29, 1.82) is 0 Å². The average molecular weight is 381 g/mol. The molecule has 1 aliphatic rings. The van der Waals surface area contributed by atoms with Crippen molar-refractivity contribution in [2.45, 2.75) is 25.7 Å². The number of carbonyl (C=O) groups is 1. The molecule has 1 amide bonds. The van der Waals surface area contributed by atoms with Gasteiger partial charge < -0.3 is 4.90 Å². The van der Waals surface area contributed by atoms with E-state index in [-0.39, 0.29) is 5.91 Å². The smallest absolute Gasteiger partial charge is 0.263 e. The third-order valence-corrected chi connectivity index (χ3v) is 6.45. The molecule has 0 aliphatic heterocycles. The minimum absolute atomic E-state index is 0.133. The molecule has 5 heteroatoms. The molecule has 0 unspecified atom stereocenters. The van der Waals surface area contributed by atoms with Crippen LogP contribution in [0.3, 0.4) is 0 Å². The summed E-state index contributed by atoms with van der Waals surface area (Å²) >= 11 is 8.32. The molecule has 0 aromatic carbocycles. The number of hydrogen-bond acceptors (Lipinski definition) is 2. The standard InChI is InChI=1S/C12H15Br2NOS/c1-15(7-8-4-2-3-5-8)12(16)10-6-9(13)11(14)17-10/h6,8H,2-5,7H2,1H3. The van der Waals surface area contributed by atoms with Gasteiger partial charge in [0, 0.05) is 18.1 Å². The molecule has 0 saturated heterocycles. The molecule has 1 fully saturated rings. The van der Waals surface area contributed by atoms with Gasteiger partial charge >= 0.3 is 0 Å². The van der Waals surface area contributed by atoms with E-state index in [2.05, 4.69) is 31.9 Å². The molecule has 17 heavy (non-hydrogen) atoms. The van der Waals surface area contributed by atoms with E-state index in [1.54, 1.807) is 0 Å². The highest BCUT2D eigenvalue weighted by molar-refractivity contribution is 9.13. The van der Waals surface area contributed by atoms with Gasteiger partial charge in [0.05, 0.1) is 8.66 Å². The SMILES string of the molecule is CN(CC1CCCC1)C(=O)c1cc(Br)c(Br)s1. The fraction of sp³-hybridized carbons (Fsp3) is 0.583. The van der Waals surface area contributed by atoms with Crippen molar-refractivity contribution in [3.05, 3.63) is 19.2 Å². The van der Waals surface area contributed by atoms with Gasteiger partial charge in [-0.15, -0.1) is 11.3 Å². The molecule has 0 bridgehead atoms. The topological polar surface area (TPSA) is 20.3 Å². The quantitative estimate of drug-likeness (QED) is 0.753. The summed E-state index contributed by atoms with van der Waals surface area (Å²) in [6.07, 6.45) is 5.19. The molecular weight excluding hydrogens is 366 g/mol. The van der Waals surface area contributed by atoms with Crippen LogP contribution in [0.15, 0.2) is 14.3 Å². The molecular formula is C12H15Br2NOS. The zero-order valence-corrected chi connectivity index (χ0v) is 13.7. The summed E-state index contributed by atoms with van der Waals surface area (Å²) in [5.74, 6) is 0.837. The molecule has 0 radical (unpaired) electrons. The van der Waals surface area contributed by atoms with Gasteiger partial charge in [-0.05, 0) is 56.7 Å². The van der Waals surface area contributed by atoms with E-state index in [0.29, 0.717) is 5.92 Å². The lowest BCUT2D eigenvalue weighted by molar-refractivity contribution is 0.0778. The Morgan fingerprint density at radius 3 is 2.65 bits per heavy atom. The van der Waals surface area contributed by atoms with Crippen LogP contribution in [0, 0.1) is 5.92 Å². The summed E-state index contributed by atoms with van der Waals surface area (Å²) in [7, 11) is 1.90. The molecule has 1 heterocycles. The third-order valence-electron chi connectivity index (χ3n) is 3.21. The van der Waals surface area contributed by atoms with Crippen molar-refractivity contribution < 1.29 is 4.79 Å². The van der Waals surface area contributed by atoms with E-state index in [4.69, 9.17) is 0 Å². The van der Waals surface area contributed by atoms with Crippen LogP contribution in [0.1, 0.15) is 35.4 Å². The summed E-state index contributed by atoms with van der Waals surface area (Å²) < 4.78 is 1.94. The Morgan fingerprint density at radius 1 is 1.47 bits per heavy atom. The Labute approximate surface area is 123 Å². The van der Waals surface area contributed by atoms with Crippen molar-refractivity contribution in [3.8, 4) is 0 Å². The van der Waals surface area contributed by atoms with Crippen LogP contribution >= 0.6 is 43.2 Å². The molecule has 0 atom stereocenters. The van der Waals surface area contributed by atoms with E-state index in [9.17, 15) is 4.79 Å². The van der Waals surface area contributed by atoms with Crippen molar-refractivity contribution >= 4 is 49.1 Å². The first-order valence-corrected chi connectivity index (χ1v) is 8.18. The second-order valence-electron chi connectivity index (χ2n) is 4.57. The monoisotopic (exact) mass is 379 g/mol. The van der Waals surface area contributed by atoms with Crippen molar-refractivity contribution in [1.82, 2.24) is 4.90 Å². The second-order valence-corrected chi connectivity index (χ2v) is 7.79. The lowest BCUT2D eigenvalue weighted by atomic mass is 10.1. The maximum absolute atomic E-state index is 12.2. The maximum atomic E-state index is 12.2. The number of amides is 1. The second kappa shape index (κ2) is 5.85. The maximum Gasteiger partial charge on any atom is 0.263 e. The zero-order valence-electron chi connectivity index (χ0n) is 9.71. The summed E-state index contributed by atoms with van der Waals surface area (Å²) in [5, 5.41) is 0. The van der Waals surface area contributed by atoms with Gasteiger partial charge in [-0.2, -0.15) is 0 Å². The Balaban J connectivity index is 1.98. The molecule has 1 aromatic rings. The van der Waals surface area contributed by atoms with E-state index in [0.717, 1.165) is 19.7 Å². The van der Waals surface area contributed by atoms with Crippen LogP contribution in [-0.2, 0) is 0 Å². The average Bonchev–Trinajstić information content (AvgIpc) is 2.89. The summed E-state index contributed by atoms with van der Waals surface area (Å²) in [6.45, 7) is 0.895. The predicted molar refractivity (Wildman–Crippen MR) is 78.6 cm³/mol. The molecule has 1 aliphatic carbocycles. The third kappa shape index (κ3) is 3.32. The molecule has 1 aromatic heterocycles. The zero-order chi connectivity index (χ0) is 12.4. The lowest BCUT2D eigenvalue weighted by Gasteiger charge is -2.20. The van der Waals surface area contributed by atoms with Gasteiger partial charge in [0.15, 0.2) is 0 Å². The number of thiophene rings is 1. The Kier molecular flexibility index (Phi) is 4.66. The molecule has 1 saturated carbocycles. The summed E-state index contributed by atoms with van der Waals surface area (Å²) in [5.41, 5.74) is 0. The van der Waals surface area contributed by atoms with Gasteiger partial charge in [-0.1, -0.05) is 12.8 Å². The molecule has 2 nitrogen and oxygen atoms in total. The fourth-order valence-electron chi connectivity index (χ4n) is 2.30.